The van der Waals surface area contributed by atoms with Crippen LogP contribution in [-0.2, 0) is 24.0 Å². The zero-order chi connectivity index (χ0) is 17.5. The van der Waals surface area contributed by atoms with Gasteiger partial charge in [-0.05, 0) is 12.8 Å². The van der Waals surface area contributed by atoms with E-state index in [-0.39, 0.29) is 32.5 Å². The lowest BCUT2D eigenvalue weighted by Gasteiger charge is -2.39. The first-order valence-corrected chi connectivity index (χ1v) is 7.16. The largest absolute Gasteiger partial charge is 0.462 e. The smallest absolute Gasteiger partial charge is 0.317 e. The molecule has 1 saturated heterocycles. The molecule has 0 amide bonds. The Balaban J connectivity index is 3.09. The molecule has 1 fully saturated rings. The Labute approximate surface area is 132 Å². The van der Waals surface area contributed by atoms with Gasteiger partial charge in [0, 0.05) is 12.8 Å². The van der Waals surface area contributed by atoms with Crippen molar-refractivity contribution in [1.82, 2.24) is 0 Å². The molecule has 0 aliphatic carbocycles. The van der Waals surface area contributed by atoms with Crippen molar-refractivity contribution in [2.24, 2.45) is 5.41 Å². The number of rotatable bonds is 6. The van der Waals surface area contributed by atoms with Gasteiger partial charge in [0.2, 0.25) is 0 Å². The van der Waals surface area contributed by atoms with Crippen molar-refractivity contribution in [3.05, 3.63) is 0 Å². The number of aliphatic hydroxyl groups is 4. The fourth-order valence-electron chi connectivity index (χ4n) is 2.56. The molecule has 0 radical (unpaired) electrons. The van der Waals surface area contributed by atoms with Crippen LogP contribution in [0.2, 0.25) is 0 Å². The van der Waals surface area contributed by atoms with E-state index in [0.717, 1.165) is 0 Å². The van der Waals surface area contributed by atoms with Crippen LogP contribution in [0.1, 0.15) is 25.7 Å². The number of carbonyl (C=O) groups excluding carboxylic acids is 2. The van der Waals surface area contributed by atoms with Crippen LogP contribution >= 0.6 is 0 Å². The summed E-state index contributed by atoms with van der Waals surface area (Å²) >= 11 is 0. The maximum atomic E-state index is 12.4. The van der Waals surface area contributed by atoms with Crippen LogP contribution in [-0.4, -0.2) is 75.9 Å². The van der Waals surface area contributed by atoms with E-state index in [0.29, 0.717) is 0 Å². The van der Waals surface area contributed by atoms with Crippen molar-refractivity contribution in [2.45, 2.75) is 44.2 Å². The molecule has 10 nitrogen and oxygen atoms in total. The summed E-state index contributed by atoms with van der Waals surface area (Å²) in [6, 6.07) is 0. The van der Waals surface area contributed by atoms with Crippen LogP contribution in [0.25, 0.3) is 0 Å². The van der Waals surface area contributed by atoms with Gasteiger partial charge >= 0.3 is 11.9 Å². The fourth-order valence-corrected chi connectivity index (χ4v) is 2.56. The van der Waals surface area contributed by atoms with Gasteiger partial charge in [-0.3, -0.25) is 9.59 Å². The number of hydrogen-bond acceptors (Lipinski definition) is 10. The van der Waals surface area contributed by atoms with E-state index in [1.807, 2.05) is 0 Å². The van der Waals surface area contributed by atoms with Gasteiger partial charge in [0.05, 0.1) is 18.8 Å². The Hall–Kier alpha value is -1.30. The molecule has 134 valence electrons. The number of cyclic esters (lactones) is 2. The second-order valence-electron chi connectivity index (χ2n) is 5.26. The number of aliphatic hydroxyl groups excluding tert-OH is 4. The predicted octanol–water partition coefficient (Wildman–Crippen LogP) is -1.84. The first-order chi connectivity index (χ1) is 10.9. The van der Waals surface area contributed by atoms with Gasteiger partial charge in [0.1, 0.15) is 18.6 Å². The Morgan fingerprint density at radius 2 is 1.78 bits per heavy atom. The van der Waals surface area contributed by atoms with E-state index in [1.165, 1.54) is 0 Å². The Morgan fingerprint density at radius 3 is 2.39 bits per heavy atom. The van der Waals surface area contributed by atoms with Gasteiger partial charge in [-0.15, -0.1) is 0 Å². The molecule has 1 heterocycles. The quantitative estimate of drug-likeness (QED) is 0.161. The van der Waals surface area contributed by atoms with Crippen molar-refractivity contribution in [2.75, 3.05) is 19.8 Å². The van der Waals surface area contributed by atoms with E-state index in [2.05, 4.69) is 4.89 Å². The van der Waals surface area contributed by atoms with Crippen LogP contribution in [0.5, 0.6) is 0 Å². The highest BCUT2D eigenvalue weighted by Crippen LogP contribution is 2.37. The lowest BCUT2D eigenvalue weighted by atomic mass is 9.71. The average Bonchev–Trinajstić information content (AvgIpc) is 2.54. The van der Waals surface area contributed by atoms with Gasteiger partial charge in [0.25, 0.3) is 0 Å². The highest BCUT2D eigenvalue weighted by Gasteiger charge is 2.52. The summed E-state index contributed by atoms with van der Waals surface area (Å²) in [6.45, 7) is -1.31. The molecular weight excluding hydrogens is 316 g/mol. The van der Waals surface area contributed by atoms with E-state index >= 15 is 0 Å². The van der Waals surface area contributed by atoms with Gasteiger partial charge < -0.3 is 29.9 Å². The average molecular weight is 338 g/mol. The first-order valence-electron chi connectivity index (χ1n) is 7.16. The summed E-state index contributed by atoms with van der Waals surface area (Å²) in [4.78, 5) is 27.4. The van der Waals surface area contributed by atoms with Crippen molar-refractivity contribution < 1.29 is 49.6 Å². The Morgan fingerprint density at radius 1 is 1.13 bits per heavy atom. The molecule has 1 rings (SSSR count). The van der Waals surface area contributed by atoms with Crippen molar-refractivity contribution in [3.8, 4) is 0 Å². The Kier molecular flexibility index (Phi) is 7.82. The molecule has 10 heteroatoms. The van der Waals surface area contributed by atoms with Crippen molar-refractivity contribution in [3.63, 3.8) is 0 Å². The van der Waals surface area contributed by atoms with Crippen LogP contribution in [0.4, 0.5) is 0 Å². The summed E-state index contributed by atoms with van der Waals surface area (Å²) in [5.41, 5.74) is -1.98. The molecule has 0 aromatic carbocycles. The summed E-state index contributed by atoms with van der Waals surface area (Å²) in [5, 5.41) is 47.3. The molecule has 0 spiro atoms. The number of carbonyl (C=O) groups is 2. The van der Waals surface area contributed by atoms with Crippen LogP contribution < -0.4 is 0 Å². The van der Waals surface area contributed by atoms with Gasteiger partial charge in [-0.25, -0.2) is 10.1 Å². The SMILES string of the molecule is O=C1CCCC(C(O)CO)(C(O)CC(O)OO)C(=O)OCCO1. The summed E-state index contributed by atoms with van der Waals surface area (Å²) in [6.07, 6.45) is -6.02. The van der Waals surface area contributed by atoms with Gasteiger partial charge in [-0.2, -0.15) is 0 Å². The summed E-state index contributed by atoms with van der Waals surface area (Å²) in [7, 11) is 0. The molecule has 23 heavy (non-hydrogen) atoms. The normalized spacial score (nSPS) is 27.5. The van der Waals surface area contributed by atoms with E-state index in [9.17, 15) is 30.0 Å². The second-order valence-corrected chi connectivity index (χ2v) is 5.26. The summed E-state index contributed by atoms with van der Waals surface area (Å²) < 4.78 is 9.69. The molecule has 1 aliphatic rings. The minimum atomic E-state index is -1.98. The van der Waals surface area contributed by atoms with Crippen LogP contribution in [0.15, 0.2) is 0 Å². The maximum absolute atomic E-state index is 12.4. The lowest BCUT2D eigenvalue weighted by molar-refractivity contribution is -0.341. The van der Waals surface area contributed by atoms with E-state index in [1.54, 1.807) is 0 Å². The fraction of sp³-hybridized carbons (Fsp3) is 0.846. The topological polar surface area (TPSA) is 163 Å². The predicted molar refractivity (Wildman–Crippen MR) is 71.6 cm³/mol. The molecule has 0 saturated carbocycles. The van der Waals surface area contributed by atoms with Crippen molar-refractivity contribution in [1.29, 1.82) is 0 Å². The molecular formula is C13H22O10. The van der Waals surface area contributed by atoms with E-state index < -0.39 is 48.9 Å². The highest BCUT2D eigenvalue weighted by molar-refractivity contribution is 5.79. The Bertz CT molecular complexity index is 400. The molecule has 4 unspecified atom stereocenters. The molecule has 0 bridgehead atoms. The third-order valence-electron chi connectivity index (χ3n) is 3.84. The molecule has 5 N–H and O–H groups in total. The zero-order valence-electron chi connectivity index (χ0n) is 12.5. The van der Waals surface area contributed by atoms with Gasteiger partial charge in [-0.1, -0.05) is 0 Å². The second kappa shape index (κ2) is 9.11. The van der Waals surface area contributed by atoms with Gasteiger partial charge in [0.15, 0.2) is 6.29 Å². The molecule has 4 atom stereocenters. The maximum Gasteiger partial charge on any atom is 0.317 e. The molecule has 0 aromatic heterocycles. The standard InChI is InChI=1S/C13H22O10/c14-7-9(16)13(8(15)6-11(18)23-20)3-1-2-10(17)21-4-5-22-12(13)19/h8-9,11,14-16,18,20H,1-7H2. The van der Waals surface area contributed by atoms with Crippen molar-refractivity contribution >= 4 is 11.9 Å². The summed E-state index contributed by atoms with van der Waals surface area (Å²) in [5.74, 6) is -1.53. The zero-order valence-corrected chi connectivity index (χ0v) is 12.5. The third kappa shape index (κ3) is 4.83. The lowest BCUT2D eigenvalue weighted by Crippen LogP contribution is -2.55. The van der Waals surface area contributed by atoms with Crippen LogP contribution in [0, 0.1) is 5.41 Å². The molecule has 0 aromatic rings. The molecule has 1 aliphatic heterocycles. The van der Waals surface area contributed by atoms with Crippen LogP contribution in [0.3, 0.4) is 0 Å². The highest BCUT2D eigenvalue weighted by atomic mass is 17.1. The minimum absolute atomic E-state index is 0.0566. The minimum Gasteiger partial charge on any atom is -0.462 e. The van der Waals surface area contributed by atoms with E-state index in [4.69, 9.17) is 14.7 Å². The number of esters is 2. The third-order valence-corrected chi connectivity index (χ3v) is 3.84. The monoisotopic (exact) mass is 338 g/mol. The number of ether oxygens (including phenoxy) is 2. The number of hydrogen-bond donors (Lipinski definition) is 5. The first kappa shape index (κ1) is 19.7.